The molecular formula is C18H30N2O. The van der Waals surface area contributed by atoms with Crippen LogP contribution in [0.3, 0.4) is 0 Å². The van der Waals surface area contributed by atoms with Crippen LogP contribution in [0.5, 0.6) is 0 Å². The van der Waals surface area contributed by atoms with Crippen molar-refractivity contribution in [2.24, 2.45) is 5.73 Å². The predicted octanol–water partition coefficient (Wildman–Crippen LogP) is 3.11. The molecule has 2 rings (SSSR count). The number of nitrogens with two attached hydrogens (primary N) is 1. The topological polar surface area (TPSA) is 38.5 Å². The van der Waals surface area contributed by atoms with Gasteiger partial charge in [-0.3, -0.25) is 4.90 Å². The second-order valence-corrected chi connectivity index (χ2v) is 6.49. The molecule has 118 valence electrons. The summed E-state index contributed by atoms with van der Waals surface area (Å²) in [7, 11) is 2.17. The number of ether oxygens (including phenoxy) is 1. The largest absolute Gasteiger partial charge is 0.377 e. The minimum atomic E-state index is 0.274. The Labute approximate surface area is 129 Å². The van der Waals surface area contributed by atoms with Crippen LogP contribution in [-0.2, 0) is 4.74 Å². The quantitative estimate of drug-likeness (QED) is 0.905. The van der Waals surface area contributed by atoms with Gasteiger partial charge in [0.05, 0.1) is 6.10 Å². The fraction of sp³-hybridized carbons (Fsp3) is 0.667. The normalized spacial score (nSPS) is 20.8. The van der Waals surface area contributed by atoms with E-state index >= 15 is 0 Å². The fourth-order valence-corrected chi connectivity index (χ4v) is 3.63. The van der Waals surface area contributed by atoms with Crippen molar-refractivity contribution in [2.75, 3.05) is 26.7 Å². The zero-order chi connectivity index (χ0) is 15.4. The summed E-state index contributed by atoms with van der Waals surface area (Å²) in [6, 6.07) is 4.79. The molecule has 2 atom stereocenters. The SMILES string of the molecule is Cc1cc(C)c(C(CN)N(C)CC2CCCCO2)c(C)c1. The first-order valence-electron chi connectivity index (χ1n) is 8.12. The van der Waals surface area contributed by atoms with E-state index in [1.54, 1.807) is 0 Å². The first-order chi connectivity index (χ1) is 10.0. The molecule has 0 aliphatic carbocycles. The number of nitrogens with zero attached hydrogens (tertiary/aromatic N) is 1. The molecule has 1 aliphatic rings. The van der Waals surface area contributed by atoms with Crippen molar-refractivity contribution in [3.8, 4) is 0 Å². The lowest BCUT2D eigenvalue weighted by molar-refractivity contribution is -0.00786. The fourth-order valence-electron chi connectivity index (χ4n) is 3.63. The maximum atomic E-state index is 6.10. The van der Waals surface area contributed by atoms with Crippen molar-refractivity contribution in [2.45, 2.75) is 52.2 Å². The van der Waals surface area contributed by atoms with E-state index in [0.29, 0.717) is 12.6 Å². The molecule has 2 N–H and O–H groups in total. The van der Waals surface area contributed by atoms with Gasteiger partial charge in [-0.1, -0.05) is 17.7 Å². The van der Waals surface area contributed by atoms with Crippen molar-refractivity contribution >= 4 is 0 Å². The molecule has 0 spiro atoms. The third-order valence-electron chi connectivity index (χ3n) is 4.59. The summed E-state index contributed by atoms with van der Waals surface area (Å²) in [5.74, 6) is 0. The number of likely N-dealkylation sites (N-methyl/N-ethyl adjacent to an activating group) is 1. The van der Waals surface area contributed by atoms with E-state index in [4.69, 9.17) is 10.5 Å². The number of hydrogen-bond donors (Lipinski definition) is 1. The first-order valence-corrected chi connectivity index (χ1v) is 8.12. The molecule has 1 fully saturated rings. The van der Waals surface area contributed by atoms with Crippen LogP contribution in [0.2, 0.25) is 0 Å². The summed E-state index contributed by atoms with van der Waals surface area (Å²) in [5.41, 5.74) is 11.5. The van der Waals surface area contributed by atoms with Gasteiger partial charge >= 0.3 is 0 Å². The molecule has 0 saturated carbocycles. The van der Waals surface area contributed by atoms with Crippen molar-refractivity contribution in [1.82, 2.24) is 4.90 Å². The van der Waals surface area contributed by atoms with Gasteiger partial charge in [-0.15, -0.1) is 0 Å². The zero-order valence-electron chi connectivity index (χ0n) is 14.0. The summed E-state index contributed by atoms with van der Waals surface area (Å²) in [6.45, 7) is 9.07. The number of aryl methyl sites for hydroxylation is 3. The maximum Gasteiger partial charge on any atom is 0.0702 e. The Morgan fingerprint density at radius 3 is 2.43 bits per heavy atom. The molecule has 0 amide bonds. The van der Waals surface area contributed by atoms with Crippen molar-refractivity contribution < 1.29 is 4.74 Å². The minimum Gasteiger partial charge on any atom is -0.377 e. The molecule has 0 aromatic heterocycles. The van der Waals surface area contributed by atoms with Crippen LogP contribution in [0.15, 0.2) is 12.1 Å². The van der Waals surface area contributed by atoms with E-state index in [0.717, 1.165) is 13.2 Å². The molecule has 2 unspecified atom stereocenters. The lowest BCUT2D eigenvalue weighted by Gasteiger charge is -2.34. The molecule has 0 radical (unpaired) electrons. The first kappa shape index (κ1) is 16.5. The Morgan fingerprint density at radius 1 is 1.24 bits per heavy atom. The average molecular weight is 290 g/mol. The van der Waals surface area contributed by atoms with Crippen LogP contribution in [0.25, 0.3) is 0 Å². The Kier molecular flexibility index (Phi) is 5.80. The summed E-state index contributed by atoms with van der Waals surface area (Å²) in [6.07, 6.45) is 4.03. The van der Waals surface area contributed by atoms with Crippen LogP contribution in [0.1, 0.15) is 47.6 Å². The van der Waals surface area contributed by atoms with Gasteiger partial charge in [-0.2, -0.15) is 0 Å². The van der Waals surface area contributed by atoms with Crippen LogP contribution in [0.4, 0.5) is 0 Å². The van der Waals surface area contributed by atoms with E-state index in [-0.39, 0.29) is 6.04 Å². The zero-order valence-corrected chi connectivity index (χ0v) is 14.0. The molecule has 1 aromatic carbocycles. The van der Waals surface area contributed by atoms with Gasteiger partial charge in [-0.25, -0.2) is 0 Å². The molecule has 21 heavy (non-hydrogen) atoms. The molecule has 0 bridgehead atoms. The molecular weight excluding hydrogens is 260 g/mol. The Balaban J connectivity index is 2.14. The van der Waals surface area contributed by atoms with Gasteiger partial charge in [-0.05, 0) is 63.8 Å². The summed E-state index contributed by atoms with van der Waals surface area (Å²) in [5, 5.41) is 0. The standard InChI is InChI=1S/C18H30N2O/c1-13-9-14(2)18(15(3)10-13)17(11-19)20(4)12-16-7-5-6-8-21-16/h9-10,16-17H,5-8,11-12,19H2,1-4H3. The van der Waals surface area contributed by atoms with E-state index < -0.39 is 0 Å². The number of rotatable bonds is 5. The van der Waals surface area contributed by atoms with Crippen molar-refractivity contribution in [3.05, 3.63) is 34.4 Å². The summed E-state index contributed by atoms with van der Waals surface area (Å²) in [4.78, 5) is 2.38. The highest BCUT2D eigenvalue weighted by Crippen LogP contribution is 2.27. The molecule has 3 nitrogen and oxygen atoms in total. The van der Waals surface area contributed by atoms with Crippen LogP contribution >= 0.6 is 0 Å². The van der Waals surface area contributed by atoms with Crippen LogP contribution in [0, 0.1) is 20.8 Å². The Morgan fingerprint density at radius 2 is 1.90 bits per heavy atom. The van der Waals surface area contributed by atoms with Crippen LogP contribution in [-0.4, -0.2) is 37.7 Å². The second-order valence-electron chi connectivity index (χ2n) is 6.49. The molecule has 1 saturated heterocycles. The van der Waals surface area contributed by atoms with E-state index in [1.165, 1.54) is 41.5 Å². The number of benzene rings is 1. The third-order valence-corrected chi connectivity index (χ3v) is 4.59. The van der Waals surface area contributed by atoms with Crippen LogP contribution < -0.4 is 5.73 Å². The monoisotopic (exact) mass is 290 g/mol. The van der Waals surface area contributed by atoms with Gasteiger partial charge in [0.2, 0.25) is 0 Å². The van der Waals surface area contributed by atoms with Gasteiger partial charge in [0, 0.05) is 25.7 Å². The Hall–Kier alpha value is -0.900. The molecule has 1 heterocycles. The minimum absolute atomic E-state index is 0.274. The van der Waals surface area contributed by atoms with Crippen molar-refractivity contribution in [3.63, 3.8) is 0 Å². The predicted molar refractivity (Wildman–Crippen MR) is 88.7 cm³/mol. The molecule has 3 heteroatoms. The lowest BCUT2D eigenvalue weighted by Crippen LogP contribution is -2.39. The van der Waals surface area contributed by atoms with E-state index in [1.807, 2.05) is 0 Å². The summed E-state index contributed by atoms with van der Waals surface area (Å²) < 4.78 is 5.88. The average Bonchev–Trinajstić information content (AvgIpc) is 2.43. The highest BCUT2D eigenvalue weighted by molar-refractivity contribution is 5.39. The highest BCUT2D eigenvalue weighted by atomic mass is 16.5. The molecule has 1 aromatic rings. The Bertz CT molecular complexity index is 443. The number of hydrogen-bond acceptors (Lipinski definition) is 3. The lowest BCUT2D eigenvalue weighted by atomic mass is 9.93. The highest BCUT2D eigenvalue weighted by Gasteiger charge is 2.23. The van der Waals surface area contributed by atoms with Crippen molar-refractivity contribution in [1.29, 1.82) is 0 Å². The van der Waals surface area contributed by atoms with Gasteiger partial charge in [0.1, 0.15) is 0 Å². The van der Waals surface area contributed by atoms with Gasteiger partial charge < -0.3 is 10.5 Å². The molecule has 1 aliphatic heterocycles. The second kappa shape index (κ2) is 7.39. The van der Waals surface area contributed by atoms with E-state index in [9.17, 15) is 0 Å². The van der Waals surface area contributed by atoms with E-state index in [2.05, 4.69) is 44.9 Å². The maximum absolute atomic E-state index is 6.10. The van der Waals surface area contributed by atoms with Gasteiger partial charge in [0.15, 0.2) is 0 Å². The smallest absolute Gasteiger partial charge is 0.0702 e. The van der Waals surface area contributed by atoms with Gasteiger partial charge in [0.25, 0.3) is 0 Å². The summed E-state index contributed by atoms with van der Waals surface area (Å²) >= 11 is 0. The third kappa shape index (κ3) is 4.06.